The van der Waals surface area contributed by atoms with Crippen molar-refractivity contribution in [3.63, 3.8) is 0 Å². The minimum absolute atomic E-state index is 0.00991. The number of carbonyl (C=O) groups is 1. The second-order valence-electron chi connectivity index (χ2n) is 6.42. The van der Waals surface area contributed by atoms with Crippen LogP contribution < -0.4 is 5.32 Å². The summed E-state index contributed by atoms with van der Waals surface area (Å²) in [6.07, 6.45) is 3.34. The molecular formula is C20H21N3O. The van der Waals surface area contributed by atoms with E-state index in [9.17, 15) is 4.79 Å². The second kappa shape index (κ2) is 6.11. The summed E-state index contributed by atoms with van der Waals surface area (Å²) in [5.74, 6) is 1.55. The molecule has 0 spiro atoms. The average Bonchev–Trinajstić information content (AvgIpc) is 3.39. The number of fused-ring (bicyclic) bond motifs is 1. The number of imidazole rings is 1. The zero-order chi connectivity index (χ0) is 16.5. The summed E-state index contributed by atoms with van der Waals surface area (Å²) in [5.41, 5.74) is 4.12. The summed E-state index contributed by atoms with van der Waals surface area (Å²) in [4.78, 5) is 17.3. The number of hydrogen-bond acceptors (Lipinski definition) is 2. The van der Waals surface area contributed by atoms with Crippen molar-refractivity contribution in [3.8, 4) is 0 Å². The largest absolute Gasteiger partial charge is 0.325 e. The molecule has 1 heterocycles. The Bertz CT molecular complexity index is 876. The van der Waals surface area contributed by atoms with E-state index < -0.39 is 0 Å². The van der Waals surface area contributed by atoms with Crippen LogP contribution in [0.4, 0.5) is 5.69 Å². The van der Waals surface area contributed by atoms with Crippen LogP contribution in [0.5, 0.6) is 0 Å². The van der Waals surface area contributed by atoms with Gasteiger partial charge in [0, 0.05) is 11.6 Å². The van der Waals surface area contributed by atoms with Crippen molar-refractivity contribution in [2.45, 2.75) is 38.6 Å². The minimum Gasteiger partial charge on any atom is -0.325 e. The molecule has 4 rings (SSSR count). The van der Waals surface area contributed by atoms with Gasteiger partial charge in [-0.1, -0.05) is 31.2 Å². The molecule has 1 aromatic heterocycles. The fraction of sp³-hybridized carbons (Fsp3) is 0.300. The maximum absolute atomic E-state index is 12.5. The highest BCUT2D eigenvalue weighted by atomic mass is 16.1. The fourth-order valence-electron chi connectivity index (χ4n) is 3.08. The summed E-state index contributed by atoms with van der Waals surface area (Å²) in [5, 5.41) is 3.00. The maximum Gasteiger partial charge on any atom is 0.244 e. The molecule has 1 fully saturated rings. The van der Waals surface area contributed by atoms with E-state index in [4.69, 9.17) is 4.98 Å². The Labute approximate surface area is 141 Å². The van der Waals surface area contributed by atoms with E-state index in [-0.39, 0.29) is 5.91 Å². The van der Waals surface area contributed by atoms with Crippen LogP contribution in [0.3, 0.4) is 0 Å². The summed E-state index contributed by atoms with van der Waals surface area (Å²) in [6.45, 7) is 2.43. The van der Waals surface area contributed by atoms with Gasteiger partial charge < -0.3 is 9.88 Å². The Morgan fingerprint density at radius 1 is 1.17 bits per heavy atom. The molecule has 0 aliphatic heterocycles. The highest BCUT2D eigenvalue weighted by Gasteiger charge is 2.30. The molecule has 4 nitrogen and oxygen atoms in total. The lowest BCUT2D eigenvalue weighted by Gasteiger charge is -2.10. The summed E-state index contributed by atoms with van der Waals surface area (Å²) in [7, 11) is 0. The van der Waals surface area contributed by atoms with Gasteiger partial charge in [-0.25, -0.2) is 4.98 Å². The van der Waals surface area contributed by atoms with Crippen molar-refractivity contribution < 1.29 is 4.79 Å². The number of hydrogen-bond donors (Lipinski definition) is 1. The van der Waals surface area contributed by atoms with Crippen molar-refractivity contribution in [3.05, 3.63) is 59.9 Å². The number of amides is 1. The molecule has 4 heteroatoms. The average molecular weight is 319 g/mol. The summed E-state index contributed by atoms with van der Waals surface area (Å²) >= 11 is 0. The molecule has 1 aliphatic rings. The molecule has 3 aromatic rings. The van der Waals surface area contributed by atoms with Crippen LogP contribution in [0.25, 0.3) is 11.0 Å². The zero-order valence-electron chi connectivity index (χ0n) is 13.8. The van der Waals surface area contributed by atoms with E-state index in [1.807, 2.05) is 36.4 Å². The quantitative estimate of drug-likeness (QED) is 0.769. The molecule has 0 saturated heterocycles. The second-order valence-corrected chi connectivity index (χ2v) is 6.42. The van der Waals surface area contributed by atoms with Crippen LogP contribution in [0.15, 0.2) is 48.5 Å². The van der Waals surface area contributed by atoms with E-state index in [1.165, 1.54) is 18.4 Å². The van der Waals surface area contributed by atoms with Crippen LogP contribution in [-0.2, 0) is 17.8 Å². The van der Waals surface area contributed by atoms with E-state index in [0.717, 1.165) is 29.0 Å². The number of para-hydroxylation sites is 2. The van der Waals surface area contributed by atoms with E-state index in [2.05, 4.69) is 28.9 Å². The molecule has 1 saturated carbocycles. The van der Waals surface area contributed by atoms with Gasteiger partial charge in [-0.05, 0) is 49.1 Å². The first kappa shape index (κ1) is 14.9. The number of carbonyl (C=O) groups excluding carboxylic acids is 1. The Kier molecular flexibility index (Phi) is 3.81. The Balaban J connectivity index is 1.56. The number of aromatic nitrogens is 2. The van der Waals surface area contributed by atoms with Gasteiger partial charge in [-0.3, -0.25) is 4.79 Å². The number of anilines is 1. The first-order valence-electron chi connectivity index (χ1n) is 8.58. The lowest BCUT2D eigenvalue weighted by atomic mass is 10.1. The van der Waals surface area contributed by atoms with Gasteiger partial charge in [0.05, 0.1) is 11.0 Å². The van der Waals surface area contributed by atoms with E-state index in [0.29, 0.717) is 12.5 Å². The molecule has 0 radical (unpaired) electrons. The normalized spacial score (nSPS) is 14.0. The monoisotopic (exact) mass is 319 g/mol. The Morgan fingerprint density at radius 2 is 1.92 bits per heavy atom. The van der Waals surface area contributed by atoms with Crippen LogP contribution in [-0.4, -0.2) is 15.5 Å². The molecule has 2 aromatic carbocycles. The predicted molar refractivity (Wildman–Crippen MR) is 96.2 cm³/mol. The highest BCUT2D eigenvalue weighted by Crippen LogP contribution is 2.40. The Hall–Kier alpha value is -2.62. The number of rotatable bonds is 5. The molecular weight excluding hydrogens is 298 g/mol. The highest BCUT2D eigenvalue weighted by molar-refractivity contribution is 5.91. The van der Waals surface area contributed by atoms with Crippen molar-refractivity contribution >= 4 is 22.6 Å². The molecule has 1 amide bonds. The molecule has 1 N–H and O–H groups in total. The van der Waals surface area contributed by atoms with Gasteiger partial charge in [0.25, 0.3) is 0 Å². The molecule has 0 unspecified atom stereocenters. The predicted octanol–water partition coefficient (Wildman–Crippen LogP) is 4.11. The first-order chi connectivity index (χ1) is 11.7. The SMILES string of the molecule is CCc1ccc(NC(=O)Cn2c(C3CC3)nc3ccccc32)cc1. The molecule has 122 valence electrons. The molecule has 0 bridgehead atoms. The van der Waals surface area contributed by atoms with Crippen LogP contribution in [0, 0.1) is 0 Å². The number of nitrogens with one attached hydrogen (secondary N) is 1. The molecule has 1 aliphatic carbocycles. The minimum atomic E-state index is -0.00991. The molecule has 0 atom stereocenters. The third kappa shape index (κ3) is 2.92. The maximum atomic E-state index is 12.5. The smallest absolute Gasteiger partial charge is 0.244 e. The van der Waals surface area contributed by atoms with Gasteiger partial charge in [0.1, 0.15) is 12.4 Å². The number of benzene rings is 2. The summed E-state index contributed by atoms with van der Waals surface area (Å²) in [6, 6.07) is 16.1. The van der Waals surface area contributed by atoms with Gasteiger partial charge in [-0.2, -0.15) is 0 Å². The van der Waals surface area contributed by atoms with Crippen LogP contribution in [0.1, 0.15) is 37.1 Å². The van der Waals surface area contributed by atoms with Gasteiger partial charge in [0.2, 0.25) is 5.91 Å². The van der Waals surface area contributed by atoms with Crippen molar-refractivity contribution in [2.24, 2.45) is 0 Å². The fourth-order valence-corrected chi connectivity index (χ4v) is 3.08. The van der Waals surface area contributed by atoms with Gasteiger partial charge >= 0.3 is 0 Å². The topological polar surface area (TPSA) is 46.9 Å². The number of nitrogens with zero attached hydrogens (tertiary/aromatic N) is 2. The van der Waals surface area contributed by atoms with Crippen LogP contribution in [0.2, 0.25) is 0 Å². The van der Waals surface area contributed by atoms with Crippen molar-refractivity contribution in [1.82, 2.24) is 9.55 Å². The van der Waals surface area contributed by atoms with Gasteiger partial charge in [0.15, 0.2) is 0 Å². The third-order valence-corrected chi connectivity index (χ3v) is 4.57. The number of aryl methyl sites for hydroxylation is 1. The van der Waals surface area contributed by atoms with E-state index >= 15 is 0 Å². The lowest BCUT2D eigenvalue weighted by molar-refractivity contribution is -0.116. The molecule has 24 heavy (non-hydrogen) atoms. The van der Waals surface area contributed by atoms with Gasteiger partial charge in [-0.15, -0.1) is 0 Å². The standard InChI is InChI=1S/C20H21N3O/c1-2-14-7-11-16(12-8-14)21-19(24)13-23-18-6-4-3-5-17(18)22-20(23)15-9-10-15/h3-8,11-12,15H,2,9-10,13H2,1H3,(H,21,24). The Morgan fingerprint density at radius 3 is 2.62 bits per heavy atom. The third-order valence-electron chi connectivity index (χ3n) is 4.57. The van der Waals surface area contributed by atoms with Crippen molar-refractivity contribution in [1.29, 1.82) is 0 Å². The first-order valence-corrected chi connectivity index (χ1v) is 8.58. The zero-order valence-corrected chi connectivity index (χ0v) is 13.8. The summed E-state index contributed by atoms with van der Waals surface area (Å²) < 4.78 is 2.07. The van der Waals surface area contributed by atoms with E-state index in [1.54, 1.807) is 0 Å². The van der Waals surface area contributed by atoms with Crippen molar-refractivity contribution in [2.75, 3.05) is 5.32 Å². The lowest BCUT2D eigenvalue weighted by Crippen LogP contribution is -2.20. The van der Waals surface area contributed by atoms with Crippen LogP contribution >= 0.6 is 0 Å².